The van der Waals surface area contributed by atoms with Gasteiger partial charge in [0.2, 0.25) is 0 Å². The lowest BCUT2D eigenvalue weighted by atomic mass is 10.0. The van der Waals surface area contributed by atoms with Crippen molar-refractivity contribution in [2.75, 3.05) is 24.2 Å². The van der Waals surface area contributed by atoms with Crippen LogP contribution in [0.3, 0.4) is 0 Å². The van der Waals surface area contributed by atoms with E-state index in [9.17, 15) is 0 Å². The first-order valence-electron chi connectivity index (χ1n) is 5.70. The fourth-order valence-corrected chi connectivity index (χ4v) is 2.05. The predicted molar refractivity (Wildman–Crippen MR) is 68.5 cm³/mol. The minimum Gasteiger partial charge on any atom is -0.399 e. The summed E-state index contributed by atoms with van der Waals surface area (Å²) in [5, 5.41) is 0. The highest BCUT2D eigenvalue weighted by atomic mass is 15.1. The molecule has 0 radical (unpaired) electrons. The third-order valence-electron chi connectivity index (χ3n) is 2.78. The largest absolute Gasteiger partial charge is 0.399 e. The zero-order valence-corrected chi connectivity index (χ0v) is 10.3. The monoisotopic (exact) mass is 206 g/mol. The van der Waals surface area contributed by atoms with E-state index in [1.165, 1.54) is 16.8 Å². The molecule has 0 saturated heterocycles. The van der Waals surface area contributed by atoms with E-state index in [1.807, 2.05) is 0 Å². The number of hydrogen-bond acceptors (Lipinski definition) is 2. The zero-order chi connectivity index (χ0) is 11.4. The summed E-state index contributed by atoms with van der Waals surface area (Å²) >= 11 is 0. The van der Waals surface area contributed by atoms with Crippen molar-refractivity contribution in [3.05, 3.63) is 23.3 Å². The highest BCUT2D eigenvalue weighted by molar-refractivity contribution is 5.64. The third-order valence-corrected chi connectivity index (χ3v) is 2.78. The molecule has 0 saturated carbocycles. The Labute approximate surface area is 93.1 Å². The van der Waals surface area contributed by atoms with Gasteiger partial charge in [-0.2, -0.15) is 0 Å². The summed E-state index contributed by atoms with van der Waals surface area (Å²) in [7, 11) is 2.14. The maximum absolute atomic E-state index is 5.88. The number of nitrogen functional groups attached to an aromatic ring is 1. The van der Waals surface area contributed by atoms with Gasteiger partial charge < -0.3 is 10.6 Å². The lowest BCUT2D eigenvalue weighted by Gasteiger charge is -2.23. The minimum atomic E-state index is 0.879. The Hall–Kier alpha value is -1.18. The van der Waals surface area contributed by atoms with Crippen molar-refractivity contribution in [2.24, 2.45) is 0 Å². The topological polar surface area (TPSA) is 29.3 Å². The molecule has 0 aliphatic carbocycles. The average molecular weight is 206 g/mol. The SMILES string of the molecule is CCCc1cc(N)cc(C)c1N(C)CC. The van der Waals surface area contributed by atoms with Crippen LogP contribution in [0, 0.1) is 6.92 Å². The summed E-state index contributed by atoms with van der Waals surface area (Å²) in [6.07, 6.45) is 2.26. The molecule has 15 heavy (non-hydrogen) atoms. The lowest BCUT2D eigenvalue weighted by molar-refractivity contribution is 0.889. The number of nitrogens with two attached hydrogens (primary N) is 1. The first kappa shape index (κ1) is 11.9. The van der Waals surface area contributed by atoms with Gasteiger partial charge in [0.15, 0.2) is 0 Å². The zero-order valence-electron chi connectivity index (χ0n) is 10.3. The van der Waals surface area contributed by atoms with Crippen LogP contribution in [0.15, 0.2) is 12.1 Å². The molecule has 2 heteroatoms. The molecule has 2 nitrogen and oxygen atoms in total. The van der Waals surface area contributed by atoms with Crippen molar-refractivity contribution < 1.29 is 0 Å². The molecule has 0 aliphatic heterocycles. The molecule has 2 N–H and O–H groups in total. The van der Waals surface area contributed by atoms with E-state index in [1.54, 1.807) is 0 Å². The highest BCUT2D eigenvalue weighted by Gasteiger charge is 2.09. The van der Waals surface area contributed by atoms with E-state index in [-0.39, 0.29) is 0 Å². The Kier molecular flexibility index (Phi) is 4.01. The van der Waals surface area contributed by atoms with Crippen LogP contribution in [0.5, 0.6) is 0 Å². The van der Waals surface area contributed by atoms with Crippen LogP contribution in [0.4, 0.5) is 11.4 Å². The van der Waals surface area contributed by atoms with Crippen LogP contribution in [0.1, 0.15) is 31.4 Å². The molecule has 1 aromatic carbocycles. The first-order valence-corrected chi connectivity index (χ1v) is 5.70. The molecular weight excluding hydrogens is 184 g/mol. The van der Waals surface area contributed by atoms with Gasteiger partial charge in [-0.05, 0) is 43.5 Å². The quantitative estimate of drug-likeness (QED) is 0.767. The minimum absolute atomic E-state index is 0.879. The Balaban J connectivity index is 3.20. The van der Waals surface area contributed by atoms with Gasteiger partial charge in [0.05, 0.1) is 0 Å². The molecule has 0 aliphatic rings. The van der Waals surface area contributed by atoms with Gasteiger partial charge in [-0.15, -0.1) is 0 Å². The van der Waals surface area contributed by atoms with Gasteiger partial charge in [-0.3, -0.25) is 0 Å². The maximum Gasteiger partial charge on any atom is 0.0427 e. The second kappa shape index (κ2) is 5.06. The molecule has 0 spiro atoms. The number of nitrogens with zero attached hydrogens (tertiary/aromatic N) is 1. The van der Waals surface area contributed by atoms with Gasteiger partial charge in [-0.25, -0.2) is 0 Å². The van der Waals surface area contributed by atoms with E-state index >= 15 is 0 Å². The van der Waals surface area contributed by atoms with Crippen molar-refractivity contribution in [3.8, 4) is 0 Å². The third kappa shape index (κ3) is 2.65. The lowest BCUT2D eigenvalue weighted by Crippen LogP contribution is -2.19. The molecule has 0 bridgehead atoms. The van der Waals surface area contributed by atoms with Gasteiger partial charge in [0, 0.05) is 25.0 Å². The number of anilines is 2. The summed E-state index contributed by atoms with van der Waals surface area (Å²) in [6, 6.07) is 4.17. The summed E-state index contributed by atoms with van der Waals surface area (Å²) < 4.78 is 0. The fraction of sp³-hybridized carbons (Fsp3) is 0.538. The Bertz CT molecular complexity index is 332. The molecule has 0 fully saturated rings. The van der Waals surface area contributed by atoms with E-state index in [4.69, 9.17) is 5.73 Å². The van der Waals surface area contributed by atoms with Crippen LogP contribution >= 0.6 is 0 Å². The molecule has 1 rings (SSSR count). The standard InChI is InChI=1S/C13H22N2/c1-5-7-11-9-12(14)8-10(3)13(11)15(4)6-2/h8-9H,5-7,14H2,1-4H3. The van der Waals surface area contributed by atoms with Gasteiger partial charge >= 0.3 is 0 Å². The molecule has 0 aromatic heterocycles. The Morgan fingerprint density at radius 1 is 1.27 bits per heavy atom. The van der Waals surface area contributed by atoms with Crippen LogP contribution in [-0.4, -0.2) is 13.6 Å². The van der Waals surface area contributed by atoms with E-state index in [2.05, 4.69) is 44.9 Å². The number of aryl methyl sites for hydroxylation is 2. The summed E-state index contributed by atoms with van der Waals surface area (Å²) in [5.74, 6) is 0. The van der Waals surface area contributed by atoms with Crippen LogP contribution in [0.25, 0.3) is 0 Å². The van der Waals surface area contributed by atoms with E-state index in [0.29, 0.717) is 0 Å². The summed E-state index contributed by atoms with van der Waals surface area (Å²) in [6.45, 7) is 7.54. The van der Waals surface area contributed by atoms with E-state index in [0.717, 1.165) is 25.1 Å². The van der Waals surface area contributed by atoms with Gasteiger partial charge in [-0.1, -0.05) is 13.3 Å². The maximum atomic E-state index is 5.88. The normalized spacial score (nSPS) is 10.4. The van der Waals surface area contributed by atoms with Gasteiger partial charge in [0.1, 0.15) is 0 Å². The van der Waals surface area contributed by atoms with Crippen LogP contribution in [-0.2, 0) is 6.42 Å². The molecule has 84 valence electrons. The Morgan fingerprint density at radius 3 is 2.47 bits per heavy atom. The first-order chi connectivity index (χ1) is 7.10. The number of hydrogen-bond donors (Lipinski definition) is 1. The second-order valence-corrected chi connectivity index (χ2v) is 4.11. The summed E-state index contributed by atoms with van der Waals surface area (Å²) in [4.78, 5) is 2.29. The van der Waals surface area contributed by atoms with Gasteiger partial charge in [0.25, 0.3) is 0 Å². The molecule has 0 amide bonds. The van der Waals surface area contributed by atoms with Crippen LogP contribution < -0.4 is 10.6 Å². The van der Waals surface area contributed by atoms with Crippen molar-refractivity contribution in [3.63, 3.8) is 0 Å². The molecule has 1 aromatic rings. The van der Waals surface area contributed by atoms with Crippen molar-refractivity contribution in [1.82, 2.24) is 0 Å². The highest BCUT2D eigenvalue weighted by Crippen LogP contribution is 2.28. The Morgan fingerprint density at radius 2 is 1.93 bits per heavy atom. The number of rotatable bonds is 4. The second-order valence-electron chi connectivity index (χ2n) is 4.11. The number of benzene rings is 1. The van der Waals surface area contributed by atoms with Crippen molar-refractivity contribution >= 4 is 11.4 Å². The molecule has 0 heterocycles. The summed E-state index contributed by atoms with van der Waals surface area (Å²) in [5.41, 5.74) is 10.8. The smallest absolute Gasteiger partial charge is 0.0427 e. The average Bonchev–Trinajstić information content (AvgIpc) is 2.16. The van der Waals surface area contributed by atoms with Crippen molar-refractivity contribution in [2.45, 2.75) is 33.6 Å². The fourth-order valence-electron chi connectivity index (χ4n) is 2.05. The van der Waals surface area contributed by atoms with Crippen LogP contribution in [0.2, 0.25) is 0 Å². The molecule has 0 unspecified atom stereocenters. The van der Waals surface area contributed by atoms with Crippen molar-refractivity contribution in [1.29, 1.82) is 0 Å². The molecule has 0 atom stereocenters. The molecular formula is C13H22N2. The van der Waals surface area contributed by atoms with E-state index < -0.39 is 0 Å². The predicted octanol–water partition coefficient (Wildman–Crippen LogP) is 2.99.